The second-order valence-corrected chi connectivity index (χ2v) is 4.96. The number of morpholine rings is 1. The van der Waals surface area contributed by atoms with Gasteiger partial charge in [0, 0.05) is 24.8 Å². The first-order valence-corrected chi connectivity index (χ1v) is 7.05. The second kappa shape index (κ2) is 6.61. The van der Waals surface area contributed by atoms with Crippen molar-refractivity contribution < 1.29 is 9.94 Å². The van der Waals surface area contributed by atoms with Crippen LogP contribution in [0.3, 0.4) is 0 Å². The molecule has 5 nitrogen and oxygen atoms in total. The van der Waals surface area contributed by atoms with Gasteiger partial charge >= 0.3 is 0 Å². The smallest absolute Gasteiger partial charge is 0.162 e. The summed E-state index contributed by atoms with van der Waals surface area (Å²) >= 11 is 0. The van der Waals surface area contributed by atoms with Crippen molar-refractivity contribution >= 4 is 5.69 Å². The summed E-state index contributed by atoms with van der Waals surface area (Å²) in [4.78, 5) is 2.21. The fraction of sp³-hybridized carbons (Fsp3) is 0.643. The molecule has 0 unspecified atom stereocenters. The zero-order chi connectivity index (χ0) is 13.7. The molecule has 1 aliphatic rings. The van der Waals surface area contributed by atoms with Gasteiger partial charge in [-0.15, -0.1) is 0 Å². The Labute approximate surface area is 113 Å². The van der Waals surface area contributed by atoms with E-state index in [4.69, 9.17) is 10.1 Å². The van der Waals surface area contributed by atoms with Crippen LogP contribution in [0, 0.1) is 5.41 Å². The van der Waals surface area contributed by atoms with Crippen molar-refractivity contribution in [2.75, 3.05) is 31.2 Å². The van der Waals surface area contributed by atoms with E-state index < -0.39 is 0 Å². The van der Waals surface area contributed by atoms with Crippen molar-refractivity contribution in [1.82, 2.24) is 4.73 Å². The summed E-state index contributed by atoms with van der Waals surface area (Å²) in [6.45, 7) is 5.32. The Morgan fingerprint density at radius 1 is 1.26 bits per heavy atom. The number of anilines is 1. The molecule has 1 fully saturated rings. The Hall–Kier alpha value is -1.49. The van der Waals surface area contributed by atoms with E-state index in [9.17, 15) is 5.21 Å². The number of pyridine rings is 1. The van der Waals surface area contributed by atoms with Gasteiger partial charge in [-0.05, 0) is 18.9 Å². The number of nitrogens with one attached hydrogen (secondary N) is 1. The number of aryl methyl sites for hydroxylation is 1. The molecule has 106 valence electrons. The van der Waals surface area contributed by atoms with Gasteiger partial charge in [-0.2, -0.15) is 4.73 Å². The van der Waals surface area contributed by atoms with Gasteiger partial charge in [-0.1, -0.05) is 19.8 Å². The van der Waals surface area contributed by atoms with Crippen molar-refractivity contribution in [3.63, 3.8) is 0 Å². The van der Waals surface area contributed by atoms with Crippen LogP contribution in [0.25, 0.3) is 0 Å². The highest BCUT2D eigenvalue weighted by atomic mass is 16.5. The molecule has 5 heteroatoms. The van der Waals surface area contributed by atoms with E-state index in [0.717, 1.165) is 68.1 Å². The van der Waals surface area contributed by atoms with E-state index in [1.807, 2.05) is 6.07 Å². The van der Waals surface area contributed by atoms with Gasteiger partial charge in [0.25, 0.3) is 0 Å². The molecule has 0 aromatic carbocycles. The molecule has 1 aliphatic heterocycles. The first-order valence-electron chi connectivity index (χ1n) is 7.05. The van der Waals surface area contributed by atoms with Crippen LogP contribution < -0.4 is 10.4 Å². The highest BCUT2D eigenvalue weighted by Crippen LogP contribution is 2.16. The first kappa shape index (κ1) is 13.9. The molecule has 0 atom stereocenters. The number of unbranched alkanes of at least 4 members (excludes halogenated alkanes) is 2. The van der Waals surface area contributed by atoms with Gasteiger partial charge in [0.15, 0.2) is 5.49 Å². The lowest BCUT2D eigenvalue weighted by molar-refractivity contribution is 0.122. The highest BCUT2D eigenvalue weighted by Gasteiger charge is 2.13. The van der Waals surface area contributed by atoms with E-state index in [-0.39, 0.29) is 5.49 Å². The molecule has 0 amide bonds. The van der Waals surface area contributed by atoms with Gasteiger partial charge in [-0.3, -0.25) is 5.41 Å². The molecule has 2 heterocycles. The van der Waals surface area contributed by atoms with Gasteiger partial charge in [0.1, 0.15) is 0 Å². The van der Waals surface area contributed by atoms with Crippen molar-refractivity contribution in [2.24, 2.45) is 0 Å². The maximum Gasteiger partial charge on any atom is 0.162 e. The van der Waals surface area contributed by atoms with Crippen LogP contribution in [0.5, 0.6) is 0 Å². The number of rotatable bonds is 5. The number of hydrogen-bond donors (Lipinski definition) is 2. The maximum atomic E-state index is 9.91. The maximum absolute atomic E-state index is 9.91. The van der Waals surface area contributed by atoms with Crippen molar-refractivity contribution in [3.05, 3.63) is 23.3 Å². The summed E-state index contributed by atoms with van der Waals surface area (Å²) in [5, 5.41) is 17.8. The SMILES string of the molecule is CCCCCc1cc(N2CCOCC2)cc(=N)n1O. The topological polar surface area (TPSA) is 61.5 Å². The van der Waals surface area contributed by atoms with Crippen LogP contribution in [0.15, 0.2) is 12.1 Å². The second-order valence-electron chi connectivity index (χ2n) is 4.96. The number of nitrogens with zero attached hydrogens (tertiary/aromatic N) is 2. The largest absolute Gasteiger partial charge is 0.427 e. The molecular formula is C14H23N3O2. The molecule has 0 aliphatic carbocycles. The lowest BCUT2D eigenvalue weighted by Crippen LogP contribution is -2.37. The summed E-state index contributed by atoms with van der Waals surface area (Å²) in [6, 6.07) is 3.72. The normalized spacial score (nSPS) is 15.7. The van der Waals surface area contributed by atoms with Crippen molar-refractivity contribution in [2.45, 2.75) is 32.6 Å². The summed E-state index contributed by atoms with van der Waals surface area (Å²) in [5.41, 5.74) is 1.99. The monoisotopic (exact) mass is 265 g/mol. The Kier molecular flexibility index (Phi) is 4.85. The summed E-state index contributed by atoms with van der Waals surface area (Å²) < 4.78 is 6.34. The molecule has 0 saturated carbocycles. The summed E-state index contributed by atoms with van der Waals surface area (Å²) in [5.74, 6) is 0. The van der Waals surface area contributed by atoms with E-state index in [2.05, 4.69) is 11.8 Å². The average Bonchev–Trinajstić information content (AvgIpc) is 2.44. The van der Waals surface area contributed by atoms with E-state index >= 15 is 0 Å². The third kappa shape index (κ3) is 3.50. The lowest BCUT2D eigenvalue weighted by Gasteiger charge is -2.29. The number of hydrogen-bond acceptors (Lipinski definition) is 4. The summed E-state index contributed by atoms with van der Waals surface area (Å²) in [6.07, 6.45) is 4.16. The molecule has 2 rings (SSSR count). The predicted octanol–water partition coefficient (Wildman–Crippen LogP) is 1.77. The van der Waals surface area contributed by atoms with Gasteiger partial charge in [-0.25, -0.2) is 0 Å². The van der Waals surface area contributed by atoms with E-state index in [1.165, 1.54) is 0 Å². The minimum Gasteiger partial charge on any atom is -0.427 e. The molecule has 1 saturated heterocycles. The van der Waals surface area contributed by atoms with Crippen molar-refractivity contribution in [1.29, 1.82) is 5.41 Å². The quantitative estimate of drug-likeness (QED) is 0.630. The summed E-state index contributed by atoms with van der Waals surface area (Å²) in [7, 11) is 0. The Morgan fingerprint density at radius 2 is 2.00 bits per heavy atom. The standard InChI is InChI=1S/C14H23N3O2/c1-2-3-4-5-12-10-13(11-14(15)17(12)18)16-6-8-19-9-7-16/h10-11,15,18H,2-9H2,1H3. The minimum atomic E-state index is 0.149. The molecule has 19 heavy (non-hydrogen) atoms. The van der Waals surface area contributed by atoms with Crippen molar-refractivity contribution in [3.8, 4) is 0 Å². The third-order valence-corrected chi connectivity index (χ3v) is 3.51. The van der Waals surface area contributed by atoms with Gasteiger partial charge in [0.05, 0.1) is 18.9 Å². The molecule has 0 bridgehead atoms. The molecular weight excluding hydrogens is 242 g/mol. The van der Waals surface area contributed by atoms with E-state index in [1.54, 1.807) is 6.07 Å². The van der Waals surface area contributed by atoms with Crippen LogP contribution in [-0.2, 0) is 11.2 Å². The minimum absolute atomic E-state index is 0.149. The number of ether oxygens (including phenoxy) is 1. The Morgan fingerprint density at radius 3 is 2.68 bits per heavy atom. The van der Waals surface area contributed by atoms with E-state index in [0.29, 0.717) is 0 Å². The van der Waals surface area contributed by atoms with Gasteiger partial charge < -0.3 is 14.8 Å². The number of aromatic nitrogens is 1. The third-order valence-electron chi connectivity index (χ3n) is 3.51. The Bertz CT molecular complexity index is 464. The lowest BCUT2D eigenvalue weighted by atomic mass is 10.1. The fourth-order valence-corrected chi connectivity index (χ4v) is 2.37. The van der Waals surface area contributed by atoms with Crippen LogP contribution in [0.1, 0.15) is 31.9 Å². The van der Waals surface area contributed by atoms with Crippen LogP contribution in [0.2, 0.25) is 0 Å². The predicted molar refractivity (Wildman–Crippen MR) is 73.7 cm³/mol. The van der Waals surface area contributed by atoms with Crippen LogP contribution >= 0.6 is 0 Å². The molecule has 0 radical (unpaired) electrons. The Balaban J connectivity index is 2.17. The first-order chi connectivity index (χ1) is 9.22. The molecule has 2 N–H and O–H groups in total. The average molecular weight is 265 g/mol. The van der Waals surface area contributed by atoms with Crippen LogP contribution in [0.4, 0.5) is 5.69 Å². The zero-order valence-corrected chi connectivity index (χ0v) is 11.6. The zero-order valence-electron chi connectivity index (χ0n) is 11.6. The fourth-order valence-electron chi connectivity index (χ4n) is 2.37. The molecule has 1 aromatic heterocycles. The highest BCUT2D eigenvalue weighted by molar-refractivity contribution is 5.46. The van der Waals surface area contributed by atoms with Crippen LogP contribution in [-0.4, -0.2) is 36.2 Å². The van der Waals surface area contributed by atoms with Gasteiger partial charge in [0.2, 0.25) is 0 Å². The molecule has 0 spiro atoms. The molecule has 1 aromatic rings.